The van der Waals surface area contributed by atoms with Crippen molar-refractivity contribution in [1.82, 2.24) is 9.03 Å². The lowest BCUT2D eigenvalue weighted by molar-refractivity contribution is 0.00914. The molecule has 1 aliphatic carbocycles. The zero-order chi connectivity index (χ0) is 14.4. The van der Waals surface area contributed by atoms with Crippen LogP contribution < -0.4 is 4.72 Å². The molecule has 2 N–H and O–H groups in total. The Bertz CT molecular complexity index is 345. The molecule has 0 bridgehead atoms. The molecule has 6 heteroatoms. The van der Waals surface area contributed by atoms with E-state index in [1.54, 1.807) is 0 Å². The largest absolute Gasteiger partial charge is 0.389 e. The molecule has 0 aliphatic heterocycles. The molecule has 1 fully saturated rings. The Balaban J connectivity index is 2.57. The van der Waals surface area contributed by atoms with Crippen LogP contribution in [0.4, 0.5) is 0 Å². The molecule has 0 heterocycles. The molecule has 0 atom stereocenters. The molecule has 0 aromatic carbocycles. The van der Waals surface area contributed by atoms with Gasteiger partial charge in [0.2, 0.25) is 0 Å². The monoisotopic (exact) mass is 292 g/mol. The minimum Gasteiger partial charge on any atom is -0.389 e. The molecule has 0 aromatic heterocycles. The van der Waals surface area contributed by atoms with E-state index in [0.29, 0.717) is 25.9 Å². The first kappa shape index (κ1) is 16.9. The van der Waals surface area contributed by atoms with E-state index in [-0.39, 0.29) is 6.54 Å². The standard InChI is InChI=1S/C13H28N2O3S/c1-3-10-15(11-4-2)19(17,18)14-12-13(16)8-6-5-7-9-13/h14,16H,3-12H2,1-2H3. The molecule has 0 radical (unpaired) electrons. The summed E-state index contributed by atoms with van der Waals surface area (Å²) in [7, 11) is -3.46. The van der Waals surface area contributed by atoms with E-state index >= 15 is 0 Å². The maximum atomic E-state index is 12.2. The number of nitrogens with one attached hydrogen (secondary N) is 1. The van der Waals surface area contributed by atoms with Crippen molar-refractivity contribution in [3.05, 3.63) is 0 Å². The Kier molecular flexibility index (Phi) is 6.73. The van der Waals surface area contributed by atoms with Crippen LogP contribution in [-0.2, 0) is 10.2 Å². The summed E-state index contributed by atoms with van der Waals surface area (Å²) in [6.45, 7) is 5.13. The average Bonchev–Trinajstić information content (AvgIpc) is 2.37. The summed E-state index contributed by atoms with van der Waals surface area (Å²) < 4.78 is 28.5. The molecule has 0 amide bonds. The first-order chi connectivity index (χ1) is 8.93. The first-order valence-electron chi connectivity index (χ1n) is 7.40. The second-order valence-electron chi connectivity index (χ2n) is 5.51. The van der Waals surface area contributed by atoms with Crippen LogP contribution in [0.3, 0.4) is 0 Å². The van der Waals surface area contributed by atoms with Gasteiger partial charge in [-0.05, 0) is 25.7 Å². The molecular weight excluding hydrogens is 264 g/mol. The molecular formula is C13H28N2O3S. The van der Waals surface area contributed by atoms with E-state index in [9.17, 15) is 13.5 Å². The number of rotatable bonds is 8. The summed E-state index contributed by atoms with van der Waals surface area (Å²) in [5, 5.41) is 10.3. The molecule has 1 saturated carbocycles. The van der Waals surface area contributed by atoms with Gasteiger partial charge >= 0.3 is 0 Å². The van der Waals surface area contributed by atoms with Gasteiger partial charge in [-0.3, -0.25) is 0 Å². The van der Waals surface area contributed by atoms with Gasteiger partial charge in [0.15, 0.2) is 0 Å². The molecule has 114 valence electrons. The lowest BCUT2D eigenvalue weighted by Gasteiger charge is -2.33. The van der Waals surface area contributed by atoms with Crippen molar-refractivity contribution >= 4 is 10.2 Å². The predicted octanol–water partition coefficient (Wildman–Crippen LogP) is 1.64. The summed E-state index contributed by atoms with van der Waals surface area (Å²) >= 11 is 0. The lowest BCUT2D eigenvalue weighted by atomic mass is 9.85. The summed E-state index contributed by atoms with van der Waals surface area (Å²) in [6.07, 6.45) is 6.06. The van der Waals surface area contributed by atoms with Gasteiger partial charge in [-0.25, -0.2) is 0 Å². The minimum atomic E-state index is -3.46. The van der Waals surface area contributed by atoms with Crippen molar-refractivity contribution in [1.29, 1.82) is 0 Å². The van der Waals surface area contributed by atoms with Crippen molar-refractivity contribution in [3.63, 3.8) is 0 Å². The molecule has 0 unspecified atom stereocenters. The molecule has 0 saturated heterocycles. The SMILES string of the molecule is CCCN(CCC)S(=O)(=O)NCC1(O)CCCCC1. The Labute approximate surface area is 117 Å². The zero-order valence-corrected chi connectivity index (χ0v) is 13.0. The predicted molar refractivity (Wildman–Crippen MR) is 77.1 cm³/mol. The van der Waals surface area contributed by atoms with Crippen molar-refractivity contribution < 1.29 is 13.5 Å². The maximum absolute atomic E-state index is 12.2. The summed E-state index contributed by atoms with van der Waals surface area (Å²) in [5.41, 5.74) is -0.852. The van der Waals surface area contributed by atoms with Crippen LogP contribution >= 0.6 is 0 Å². The van der Waals surface area contributed by atoms with Crippen molar-refractivity contribution in [2.24, 2.45) is 0 Å². The molecule has 0 spiro atoms. The van der Waals surface area contributed by atoms with E-state index in [4.69, 9.17) is 0 Å². The summed E-state index contributed by atoms with van der Waals surface area (Å²) in [5.74, 6) is 0. The molecule has 0 aromatic rings. The van der Waals surface area contributed by atoms with Gasteiger partial charge in [0.1, 0.15) is 0 Å². The summed E-state index contributed by atoms with van der Waals surface area (Å²) in [6, 6.07) is 0. The van der Waals surface area contributed by atoms with E-state index in [1.807, 2.05) is 13.8 Å². The lowest BCUT2D eigenvalue weighted by Crippen LogP contribution is -2.49. The summed E-state index contributed by atoms with van der Waals surface area (Å²) in [4.78, 5) is 0. The fraction of sp³-hybridized carbons (Fsp3) is 1.00. The average molecular weight is 292 g/mol. The molecule has 5 nitrogen and oxygen atoms in total. The minimum absolute atomic E-state index is 0.138. The van der Waals surface area contributed by atoms with Crippen molar-refractivity contribution in [3.8, 4) is 0 Å². The van der Waals surface area contributed by atoms with Gasteiger partial charge in [0.25, 0.3) is 10.2 Å². The van der Waals surface area contributed by atoms with Crippen LogP contribution in [0, 0.1) is 0 Å². The van der Waals surface area contributed by atoms with Crippen LogP contribution in [0.2, 0.25) is 0 Å². The fourth-order valence-corrected chi connectivity index (χ4v) is 4.03. The number of hydrogen-bond donors (Lipinski definition) is 2. The Morgan fingerprint density at radius 2 is 1.63 bits per heavy atom. The highest BCUT2D eigenvalue weighted by Crippen LogP contribution is 2.27. The fourth-order valence-electron chi connectivity index (χ4n) is 2.55. The normalized spacial score (nSPS) is 19.8. The third-order valence-corrected chi connectivity index (χ3v) is 5.21. The van der Waals surface area contributed by atoms with E-state index in [1.165, 1.54) is 4.31 Å². The zero-order valence-electron chi connectivity index (χ0n) is 12.2. The van der Waals surface area contributed by atoms with Crippen LogP contribution in [0.15, 0.2) is 0 Å². The van der Waals surface area contributed by atoms with Gasteiger partial charge in [-0.15, -0.1) is 0 Å². The van der Waals surface area contributed by atoms with E-state index in [0.717, 1.165) is 32.1 Å². The van der Waals surface area contributed by atoms with Crippen molar-refractivity contribution in [2.75, 3.05) is 19.6 Å². The Morgan fingerprint density at radius 1 is 1.11 bits per heavy atom. The van der Waals surface area contributed by atoms with E-state index < -0.39 is 15.8 Å². The molecule has 1 aliphatic rings. The van der Waals surface area contributed by atoms with Gasteiger partial charge < -0.3 is 5.11 Å². The number of hydrogen-bond acceptors (Lipinski definition) is 3. The second kappa shape index (κ2) is 7.57. The highest BCUT2D eigenvalue weighted by molar-refractivity contribution is 7.87. The third-order valence-electron chi connectivity index (χ3n) is 3.65. The van der Waals surface area contributed by atoms with Crippen LogP contribution in [-0.4, -0.2) is 43.1 Å². The quantitative estimate of drug-likeness (QED) is 0.714. The van der Waals surface area contributed by atoms with Gasteiger partial charge in [0, 0.05) is 19.6 Å². The Morgan fingerprint density at radius 3 is 2.11 bits per heavy atom. The van der Waals surface area contributed by atoms with Crippen LogP contribution in [0.1, 0.15) is 58.8 Å². The highest BCUT2D eigenvalue weighted by Gasteiger charge is 2.31. The Hall–Kier alpha value is -0.170. The van der Waals surface area contributed by atoms with Gasteiger partial charge in [0.05, 0.1) is 5.60 Å². The molecule has 19 heavy (non-hydrogen) atoms. The maximum Gasteiger partial charge on any atom is 0.279 e. The number of nitrogens with zero attached hydrogens (tertiary/aromatic N) is 1. The van der Waals surface area contributed by atoms with Gasteiger partial charge in [-0.1, -0.05) is 33.1 Å². The highest BCUT2D eigenvalue weighted by atomic mass is 32.2. The third kappa shape index (κ3) is 5.38. The second-order valence-corrected chi connectivity index (χ2v) is 7.27. The molecule has 1 rings (SSSR count). The van der Waals surface area contributed by atoms with Crippen LogP contribution in [0.25, 0.3) is 0 Å². The number of aliphatic hydroxyl groups is 1. The van der Waals surface area contributed by atoms with Crippen LogP contribution in [0.5, 0.6) is 0 Å². The first-order valence-corrected chi connectivity index (χ1v) is 8.84. The van der Waals surface area contributed by atoms with Crippen molar-refractivity contribution in [2.45, 2.75) is 64.4 Å². The topological polar surface area (TPSA) is 69.6 Å². The smallest absolute Gasteiger partial charge is 0.279 e. The van der Waals surface area contributed by atoms with Gasteiger partial charge in [-0.2, -0.15) is 17.4 Å². The van der Waals surface area contributed by atoms with E-state index in [2.05, 4.69) is 4.72 Å².